The van der Waals surface area contributed by atoms with Gasteiger partial charge in [0.15, 0.2) is 0 Å². The van der Waals surface area contributed by atoms with E-state index >= 15 is 0 Å². The van der Waals surface area contributed by atoms with Gasteiger partial charge in [-0.2, -0.15) is 0 Å². The summed E-state index contributed by atoms with van der Waals surface area (Å²) in [5, 5.41) is 10.2. The van der Waals surface area contributed by atoms with E-state index in [1.54, 1.807) is 0 Å². The molecule has 172 valence electrons. The van der Waals surface area contributed by atoms with Gasteiger partial charge in [-0.1, -0.05) is 54.4 Å². The third kappa shape index (κ3) is 3.61. The molecular weight excluding hydrogens is 368 g/mol. The van der Waals surface area contributed by atoms with E-state index in [1.165, 1.54) is 38.5 Å². The minimum absolute atomic E-state index is 0.125. The van der Waals surface area contributed by atoms with Crippen molar-refractivity contribution in [1.82, 2.24) is 0 Å². The average Bonchev–Trinajstić information content (AvgIpc) is 3.04. The van der Waals surface area contributed by atoms with Crippen LogP contribution in [0.5, 0.6) is 0 Å². The Morgan fingerprint density at radius 3 is 2.30 bits per heavy atom. The summed E-state index contributed by atoms with van der Waals surface area (Å²) in [4.78, 5) is 13.3. The molecule has 0 aliphatic heterocycles. The van der Waals surface area contributed by atoms with Crippen LogP contribution in [0.2, 0.25) is 0 Å². The summed E-state index contributed by atoms with van der Waals surface area (Å²) in [6.07, 6.45) is 11.4. The Bertz CT molecular complexity index is 641. The van der Waals surface area contributed by atoms with Crippen molar-refractivity contribution in [2.45, 2.75) is 112 Å². The van der Waals surface area contributed by atoms with E-state index in [-0.39, 0.29) is 17.4 Å². The van der Waals surface area contributed by atoms with Crippen molar-refractivity contribution in [3.05, 3.63) is 0 Å². The first kappa shape index (κ1) is 22.8. The smallest absolute Gasteiger partial charge is 0.136 e. The van der Waals surface area contributed by atoms with Gasteiger partial charge in [0.2, 0.25) is 0 Å². The van der Waals surface area contributed by atoms with E-state index in [4.69, 9.17) is 0 Å². The maximum atomic E-state index is 13.3. The normalized spacial score (nSPS) is 48.1. The van der Waals surface area contributed by atoms with Crippen molar-refractivity contribution in [2.24, 2.45) is 58.2 Å². The summed E-state index contributed by atoms with van der Waals surface area (Å²) in [5.74, 6) is 5.95. The van der Waals surface area contributed by atoms with Crippen LogP contribution in [-0.2, 0) is 4.79 Å². The summed E-state index contributed by atoms with van der Waals surface area (Å²) < 4.78 is 0. The Morgan fingerprint density at radius 1 is 0.933 bits per heavy atom. The van der Waals surface area contributed by atoms with Gasteiger partial charge < -0.3 is 5.11 Å². The van der Waals surface area contributed by atoms with Gasteiger partial charge in [-0.25, -0.2) is 0 Å². The van der Waals surface area contributed by atoms with Crippen molar-refractivity contribution < 1.29 is 9.90 Å². The lowest BCUT2D eigenvalue weighted by atomic mass is 9.44. The zero-order valence-corrected chi connectivity index (χ0v) is 20.6. The summed E-state index contributed by atoms with van der Waals surface area (Å²) in [6.45, 7) is 14.7. The first-order valence-corrected chi connectivity index (χ1v) is 13.3. The lowest BCUT2D eigenvalue weighted by molar-refractivity contribution is -0.160. The van der Waals surface area contributed by atoms with Crippen molar-refractivity contribution in [1.29, 1.82) is 0 Å². The third-order valence-corrected chi connectivity index (χ3v) is 11.4. The van der Waals surface area contributed by atoms with Crippen LogP contribution < -0.4 is 0 Å². The van der Waals surface area contributed by atoms with E-state index in [0.29, 0.717) is 23.0 Å². The van der Waals surface area contributed by atoms with E-state index in [9.17, 15) is 9.90 Å². The van der Waals surface area contributed by atoms with Gasteiger partial charge in [0.25, 0.3) is 0 Å². The van der Waals surface area contributed by atoms with Gasteiger partial charge in [0, 0.05) is 12.3 Å². The molecule has 2 heteroatoms. The lowest BCUT2D eigenvalue weighted by Crippen LogP contribution is -2.57. The molecule has 4 aliphatic carbocycles. The molecule has 10 atom stereocenters. The number of ketones is 1. The number of carbonyl (C=O) groups excluding carboxylic acids is 1. The number of aliphatic hydroxyl groups is 1. The fourth-order valence-corrected chi connectivity index (χ4v) is 9.06. The summed E-state index contributed by atoms with van der Waals surface area (Å²) >= 11 is 0. The first-order chi connectivity index (χ1) is 14.1. The van der Waals surface area contributed by atoms with Crippen LogP contribution in [0.3, 0.4) is 0 Å². The fourth-order valence-electron chi connectivity index (χ4n) is 9.06. The average molecular weight is 417 g/mol. The third-order valence-electron chi connectivity index (χ3n) is 11.4. The SMILES string of the molecule is CC(C)C(C)CC[C@@H](C)[C@H]1CC[C@H]2[C@@H]3CC(=O)[C@H]4C[C@H](O)CC[C@]4(C)[C@H]3CC[C@]12C. The molecule has 0 saturated heterocycles. The maximum absolute atomic E-state index is 13.3. The second-order valence-corrected chi connectivity index (χ2v) is 13.0. The van der Waals surface area contributed by atoms with Crippen LogP contribution in [0.1, 0.15) is 106 Å². The molecule has 2 nitrogen and oxygen atoms in total. The minimum Gasteiger partial charge on any atom is -0.393 e. The molecule has 0 aromatic heterocycles. The molecule has 1 N–H and O–H groups in total. The van der Waals surface area contributed by atoms with Gasteiger partial charge in [-0.05, 0) is 97.2 Å². The van der Waals surface area contributed by atoms with Gasteiger partial charge in [-0.15, -0.1) is 0 Å². The van der Waals surface area contributed by atoms with Crippen molar-refractivity contribution >= 4 is 5.78 Å². The highest BCUT2D eigenvalue weighted by molar-refractivity contribution is 5.83. The van der Waals surface area contributed by atoms with Crippen LogP contribution in [0.25, 0.3) is 0 Å². The monoisotopic (exact) mass is 416 g/mol. The molecule has 0 heterocycles. The quantitative estimate of drug-likeness (QED) is 0.529. The molecule has 0 spiro atoms. The lowest BCUT2D eigenvalue weighted by Gasteiger charge is -2.60. The number of hydrogen-bond donors (Lipinski definition) is 1. The molecule has 4 fully saturated rings. The molecule has 4 aliphatic rings. The minimum atomic E-state index is -0.248. The Balaban J connectivity index is 1.50. The number of hydrogen-bond acceptors (Lipinski definition) is 2. The molecule has 0 aromatic carbocycles. The van der Waals surface area contributed by atoms with Crippen molar-refractivity contribution in [2.75, 3.05) is 0 Å². The number of Topliss-reactive ketones (excluding diaryl/α,β-unsaturated/α-hetero) is 1. The highest BCUT2D eigenvalue weighted by Crippen LogP contribution is 2.67. The fraction of sp³-hybridized carbons (Fsp3) is 0.964. The highest BCUT2D eigenvalue weighted by Gasteiger charge is 2.62. The van der Waals surface area contributed by atoms with Crippen molar-refractivity contribution in [3.8, 4) is 0 Å². The Kier molecular flexibility index (Phi) is 6.23. The molecular formula is C28H48O2. The predicted octanol–water partition coefficient (Wildman–Crippen LogP) is 6.89. The molecule has 0 radical (unpaired) electrons. The van der Waals surface area contributed by atoms with Crippen LogP contribution in [0.15, 0.2) is 0 Å². The van der Waals surface area contributed by atoms with Crippen molar-refractivity contribution in [3.63, 3.8) is 0 Å². The van der Waals surface area contributed by atoms with Gasteiger partial charge in [0.05, 0.1) is 6.10 Å². The van der Waals surface area contributed by atoms with Crippen LogP contribution in [0, 0.1) is 58.2 Å². The van der Waals surface area contributed by atoms with Crippen LogP contribution in [0.4, 0.5) is 0 Å². The Hall–Kier alpha value is -0.370. The molecule has 0 bridgehead atoms. The topological polar surface area (TPSA) is 37.3 Å². The zero-order chi connectivity index (χ0) is 21.8. The first-order valence-electron chi connectivity index (χ1n) is 13.3. The summed E-state index contributed by atoms with van der Waals surface area (Å²) in [5.41, 5.74) is 0.594. The van der Waals surface area contributed by atoms with Gasteiger partial charge >= 0.3 is 0 Å². The maximum Gasteiger partial charge on any atom is 0.136 e. The molecule has 0 aromatic rings. The van der Waals surface area contributed by atoms with Crippen LogP contribution >= 0.6 is 0 Å². The van der Waals surface area contributed by atoms with Crippen LogP contribution in [-0.4, -0.2) is 17.0 Å². The zero-order valence-electron chi connectivity index (χ0n) is 20.6. The number of aliphatic hydroxyl groups excluding tert-OH is 1. The van der Waals surface area contributed by atoms with E-state index in [0.717, 1.165) is 55.3 Å². The van der Waals surface area contributed by atoms with Gasteiger partial charge in [-0.3, -0.25) is 4.79 Å². The summed E-state index contributed by atoms with van der Waals surface area (Å²) in [7, 11) is 0. The second-order valence-electron chi connectivity index (χ2n) is 13.0. The molecule has 4 rings (SSSR count). The Morgan fingerprint density at radius 2 is 1.60 bits per heavy atom. The largest absolute Gasteiger partial charge is 0.393 e. The number of carbonyl (C=O) groups is 1. The molecule has 30 heavy (non-hydrogen) atoms. The highest BCUT2D eigenvalue weighted by atomic mass is 16.3. The van der Waals surface area contributed by atoms with Gasteiger partial charge in [0.1, 0.15) is 5.78 Å². The second kappa shape index (κ2) is 8.20. The standard InChI is InChI=1S/C28H48O2/c1-17(2)18(3)7-8-19(4)22-9-10-23-21-16-26(30)25-15-20(29)11-13-28(25,6)24(21)12-14-27(22,23)5/h17-25,29H,7-16H2,1-6H3/t18?,19-,20-,21+,22-,23+,24+,25-,27-,28-/m1/s1. The molecule has 0 amide bonds. The Labute approximate surface area is 186 Å². The van der Waals surface area contributed by atoms with E-state index in [2.05, 4.69) is 41.5 Å². The molecule has 4 saturated carbocycles. The number of rotatable bonds is 5. The number of fused-ring (bicyclic) bond motifs is 5. The van der Waals surface area contributed by atoms with E-state index < -0.39 is 0 Å². The molecule has 1 unspecified atom stereocenters. The predicted molar refractivity (Wildman–Crippen MR) is 124 cm³/mol. The summed E-state index contributed by atoms with van der Waals surface area (Å²) in [6, 6.07) is 0. The van der Waals surface area contributed by atoms with E-state index in [1.807, 2.05) is 0 Å².